The molecule has 0 aliphatic carbocycles. The van der Waals surface area contributed by atoms with Crippen LogP contribution in [-0.4, -0.2) is 9.97 Å². The highest BCUT2D eigenvalue weighted by Crippen LogP contribution is 2.23. The minimum Gasteiger partial charge on any atom is -0.398 e. The number of nitrogens with two attached hydrogens (primary N) is 1. The number of thiazole rings is 1. The number of hydrogen-bond donors (Lipinski definition) is 2. The highest BCUT2D eigenvalue weighted by Gasteiger charge is 2.10. The molecule has 0 saturated carbocycles. The summed E-state index contributed by atoms with van der Waals surface area (Å²) >= 11 is 1.69. The van der Waals surface area contributed by atoms with Crippen LogP contribution in [0, 0.1) is 13.8 Å². The van der Waals surface area contributed by atoms with Crippen molar-refractivity contribution in [1.82, 2.24) is 9.97 Å². The molecule has 2 rings (SSSR count). The van der Waals surface area contributed by atoms with Gasteiger partial charge < -0.3 is 11.1 Å². The van der Waals surface area contributed by atoms with Gasteiger partial charge in [0.15, 0.2) is 0 Å². The standard InChI is InChI=1S/C12H16N4S/c1-7-5-14-11(4-10(7)13)16-9(3)12-15-6-8(2)17-12/h4-6,9H,1-3H3,(H3,13,14,16). The third-order valence-corrected chi connectivity index (χ3v) is 3.61. The Bertz CT molecular complexity index is 521. The van der Waals surface area contributed by atoms with E-state index in [2.05, 4.69) is 29.1 Å². The fourth-order valence-electron chi connectivity index (χ4n) is 1.47. The molecule has 17 heavy (non-hydrogen) atoms. The third kappa shape index (κ3) is 2.74. The molecule has 1 atom stereocenters. The van der Waals surface area contributed by atoms with Crippen molar-refractivity contribution in [3.05, 3.63) is 33.9 Å². The number of aromatic nitrogens is 2. The third-order valence-electron chi connectivity index (χ3n) is 2.52. The second-order valence-electron chi connectivity index (χ2n) is 4.10. The van der Waals surface area contributed by atoms with Gasteiger partial charge in [-0.15, -0.1) is 11.3 Å². The van der Waals surface area contributed by atoms with Crippen molar-refractivity contribution in [2.45, 2.75) is 26.8 Å². The molecular formula is C12H16N4S. The average molecular weight is 248 g/mol. The minimum atomic E-state index is 0.142. The Hall–Kier alpha value is -1.62. The second-order valence-corrected chi connectivity index (χ2v) is 5.37. The number of nitrogens with zero attached hydrogens (tertiary/aromatic N) is 2. The SMILES string of the molecule is Cc1cnc(C(C)Nc2cc(N)c(C)cn2)s1. The van der Waals surface area contributed by atoms with Crippen molar-refractivity contribution >= 4 is 22.8 Å². The van der Waals surface area contributed by atoms with E-state index in [1.165, 1.54) is 4.88 Å². The molecule has 0 spiro atoms. The van der Waals surface area contributed by atoms with Gasteiger partial charge >= 0.3 is 0 Å². The van der Waals surface area contributed by atoms with Gasteiger partial charge in [-0.1, -0.05) is 0 Å². The van der Waals surface area contributed by atoms with Crippen molar-refractivity contribution in [2.75, 3.05) is 11.1 Å². The van der Waals surface area contributed by atoms with Gasteiger partial charge in [0.05, 0.1) is 6.04 Å². The van der Waals surface area contributed by atoms with Crippen LogP contribution in [0.5, 0.6) is 0 Å². The quantitative estimate of drug-likeness (QED) is 0.876. The Morgan fingerprint density at radius 3 is 2.65 bits per heavy atom. The largest absolute Gasteiger partial charge is 0.398 e. The zero-order valence-corrected chi connectivity index (χ0v) is 11.0. The fourth-order valence-corrected chi connectivity index (χ4v) is 2.25. The van der Waals surface area contributed by atoms with Gasteiger partial charge in [0.25, 0.3) is 0 Å². The molecular weight excluding hydrogens is 232 g/mol. The molecule has 0 radical (unpaired) electrons. The van der Waals surface area contributed by atoms with Gasteiger partial charge in [-0.05, 0) is 26.3 Å². The van der Waals surface area contributed by atoms with Crippen molar-refractivity contribution in [3.8, 4) is 0 Å². The molecule has 2 aromatic rings. The van der Waals surface area contributed by atoms with Crippen LogP contribution < -0.4 is 11.1 Å². The summed E-state index contributed by atoms with van der Waals surface area (Å²) in [7, 11) is 0. The van der Waals surface area contributed by atoms with Crippen molar-refractivity contribution < 1.29 is 0 Å². The van der Waals surface area contributed by atoms with Crippen LogP contribution in [0.3, 0.4) is 0 Å². The van der Waals surface area contributed by atoms with Crippen LogP contribution in [0.2, 0.25) is 0 Å². The molecule has 2 aromatic heterocycles. The lowest BCUT2D eigenvalue weighted by atomic mass is 10.2. The van der Waals surface area contributed by atoms with Crippen LogP contribution in [0.1, 0.15) is 28.4 Å². The summed E-state index contributed by atoms with van der Waals surface area (Å²) in [6.07, 6.45) is 3.66. The van der Waals surface area contributed by atoms with Crippen molar-refractivity contribution in [3.63, 3.8) is 0 Å². The van der Waals surface area contributed by atoms with Crippen LogP contribution in [0.15, 0.2) is 18.5 Å². The van der Waals surface area contributed by atoms with Crippen LogP contribution in [-0.2, 0) is 0 Å². The van der Waals surface area contributed by atoms with E-state index in [9.17, 15) is 0 Å². The second kappa shape index (κ2) is 4.71. The number of aryl methyl sites for hydroxylation is 2. The van der Waals surface area contributed by atoms with E-state index in [-0.39, 0.29) is 6.04 Å². The molecule has 0 aliphatic heterocycles. The minimum absolute atomic E-state index is 0.142. The first-order valence-electron chi connectivity index (χ1n) is 5.47. The van der Waals surface area contributed by atoms with Gasteiger partial charge in [-0.2, -0.15) is 0 Å². The predicted octanol–water partition coefficient (Wildman–Crippen LogP) is 2.91. The number of hydrogen-bond acceptors (Lipinski definition) is 5. The van der Waals surface area contributed by atoms with E-state index >= 15 is 0 Å². The molecule has 4 nitrogen and oxygen atoms in total. The smallest absolute Gasteiger partial charge is 0.128 e. The van der Waals surface area contributed by atoms with Gasteiger partial charge in [-0.25, -0.2) is 9.97 Å². The van der Waals surface area contributed by atoms with Crippen molar-refractivity contribution in [2.24, 2.45) is 0 Å². The Balaban J connectivity index is 2.12. The normalized spacial score (nSPS) is 12.4. The molecule has 0 amide bonds. The maximum atomic E-state index is 5.85. The van der Waals surface area contributed by atoms with E-state index in [0.717, 1.165) is 22.1 Å². The zero-order valence-electron chi connectivity index (χ0n) is 10.2. The predicted molar refractivity (Wildman–Crippen MR) is 72.3 cm³/mol. The summed E-state index contributed by atoms with van der Waals surface area (Å²) in [4.78, 5) is 9.86. The van der Waals surface area contributed by atoms with Gasteiger partial charge in [0.2, 0.25) is 0 Å². The monoisotopic (exact) mass is 248 g/mol. The topological polar surface area (TPSA) is 63.8 Å². The first-order chi connectivity index (χ1) is 8.06. The first kappa shape index (κ1) is 11.9. The molecule has 2 heterocycles. The van der Waals surface area contributed by atoms with Gasteiger partial charge in [0.1, 0.15) is 10.8 Å². The van der Waals surface area contributed by atoms with E-state index < -0.39 is 0 Å². The Labute approximate surface area is 105 Å². The molecule has 0 aromatic carbocycles. The molecule has 3 N–H and O–H groups in total. The summed E-state index contributed by atoms with van der Waals surface area (Å²) in [6, 6.07) is 2.00. The number of pyridine rings is 1. The lowest BCUT2D eigenvalue weighted by Crippen LogP contribution is -2.08. The maximum absolute atomic E-state index is 5.85. The molecule has 90 valence electrons. The van der Waals surface area contributed by atoms with Crippen LogP contribution in [0.4, 0.5) is 11.5 Å². The lowest BCUT2D eigenvalue weighted by molar-refractivity contribution is 0.860. The van der Waals surface area contributed by atoms with E-state index in [1.54, 1.807) is 17.5 Å². The molecule has 0 fully saturated rings. The summed E-state index contributed by atoms with van der Waals surface area (Å²) in [6.45, 7) is 6.06. The molecule has 0 saturated heterocycles. The zero-order chi connectivity index (χ0) is 12.4. The summed E-state index contributed by atoms with van der Waals surface area (Å²) in [5.74, 6) is 0.786. The van der Waals surface area contributed by atoms with Crippen LogP contribution >= 0.6 is 11.3 Å². The lowest BCUT2D eigenvalue weighted by Gasteiger charge is -2.12. The highest BCUT2D eigenvalue weighted by molar-refractivity contribution is 7.11. The first-order valence-corrected chi connectivity index (χ1v) is 6.29. The number of nitrogens with one attached hydrogen (secondary N) is 1. The van der Waals surface area contributed by atoms with Gasteiger partial charge in [0, 0.05) is 29.0 Å². The molecule has 1 unspecified atom stereocenters. The van der Waals surface area contributed by atoms with Crippen molar-refractivity contribution in [1.29, 1.82) is 0 Å². The molecule has 0 bridgehead atoms. The highest BCUT2D eigenvalue weighted by atomic mass is 32.1. The maximum Gasteiger partial charge on any atom is 0.128 e. The number of nitrogen functional groups attached to an aromatic ring is 1. The van der Waals surface area contributed by atoms with E-state index in [4.69, 9.17) is 5.73 Å². The number of rotatable bonds is 3. The van der Waals surface area contributed by atoms with Gasteiger partial charge in [-0.3, -0.25) is 0 Å². The Morgan fingerprint density at radius 2 is 2.06 bits per heavy atom. The van der Waals surface area contributed by atoms with E-state index in [0.29, 0.717) is 0 Å². The summed E-state index contributed by atoms with van der Waals surface area (Å²) < 4.78 is 0. The fraction of sp³-hybridized carbons (Fsp3) is 0.333. The van der Waals surface area contributed by atoms with E-state index in [1.807, 2.05) is 19.2 Å². The number of anilines is 2. The summed E-state index contributed by atoms with van der Waals surface area (Å²) in [5.41, 5.74) is 7.59. The summed E-state index contributed by atoms with van der Waals surface area (Å²) in [5, 5.41) is 4.36. The van der Waals surface area contributed by atoms with Crippen LogP contribution in [0.25, 0.3) is 0 Å². The Kier molecular flexibility index (Phi) is 3.28. The Morgan fingerprint density at radius 1 is 1.29 bits per heavy atom. The average Bonchev–Trinajstić information content (AvgIpc) is 2.70. The molecule has 5 heteroatoms. The molecule has 0 aliphatic rings.